The summed E-state index contributed by atoms with van der Waals surface area (Å²) in [4.78, 5) is 19.8. The highest BCUT2D eigenvalue weighted by Gasteiger charge is 2.29. The Balaban J connectivity index is 1.73. The fraction of sp³-hybridized carbons (Fsp3) is 0.400. The predicted octanol–water partition coefficient (Wildman–Crippen LogP) is 3.38. The van der Waals surface area contributed by atoms with E-state index in [9.17, 15) is 17.6 Å². The normalized spacial score (nSPS) is 18.2. The van der Waals surface area contributed by atoms with Crippen LogP contribution in [0.2, 0.25) is 0 Å². The number of hydrogen-bond donors (Lipinski definition) is 2. The fourth-order valence-corrected chi connectivity index (χ4v) is 4.94. The smallest absolute Gasteiger partial charge is 0.281 e. The van der Waals surface area contributed by atoms with Crippen LogP contribution in [-0.4, -0.2) is 61.4 Å². The summed E-state index contributed by atoms with van der Waals surface area (Å²) in [5.74, 6) is -0.437. The summed E-state index contributed by atoms with van der Waals surface area (Å²) < 4.78 is 53.3. The Labute approximate surface area is 215 Å². The molecule has 0 aliphatic carbocycles. The molecule has 1 aromatic carbocycles. The minimum Gasteiger partial charge on any atom is -0.493 e. The maximum Gasteiger partial charge on any atom is 0.281 e. The molecule has 1 aliphatic rings. The van der Waals surface area contributed by atoms with Gasteiger partial charge in [-0.25, -0.2) is 14.1 Å². The molecular formula is C25H30FN5O5S. The first-order valence-electron chi connectivity index (χ1n) is 11.9. The van der Waals surface area contributed by atoms with Crippen LogP contribution in [0.1, 0.15) is 38.1 Å². The van der Waals surface area contributed by atoms with E-state index < -0.39 is 21.7 Å². The summed E-state index contributed by atoms with van der Waals surface area (Å²) in [6.07, 6.45) is 0.975. The number of benzene rings is 1. The number of carbonyl (C=O) groups is 1. The lowest BCUT2D eigenvalue weighted by atomic mass is 10.1. The van der Waals surface area contributed by atoms with Gasteiger partial charge < -0.3 is 14.4 Å². The van der Waals surface area contributed by atoms with Gasteiger partial charge in [0.05, 0.1) is 36.3 Å². The zero-order valence-electron chi connectivity index (χ0n) is 21.1. The van der Waals surface area contributed by atoms with Crippen molar-refractivity contribution in [3.8, 4) is 17.0 Å². The number of anilines is 1. The quantitative estimate of drug-likeness (QED) is 0.453. The highest BCUT2D eigenvalue weighted by Crippen LogP contribution is 2.30. The maximum absolute atomic E-state index is 14.4. The summed E-state index contributed by atoms with van der Waals surface area (Å²) in [6.45, 7) is 9.08. The van der Waals surface area contributed by atoms with E-state index in [1.807, 2.05) is 32.6 Å². The van der Waals surface area contributed by atoms with Gasteiger partial charge in [-0.3, -0.25) is 9.89 Å². The number of carbonyl (C=O) groups excluding carboxylic acids is 1. The van der Waals surface area contributed by atoms with Gasteiger partial charge in [-0.1, -0.05) is 13.8 Å². The lowest BCUT2D eigenvalue weighted by Gasteiger charge is -2.37. The van der Waals surface area contributed by atoms with Gasteiger partial charge in [0.15, 0.2) is 5.03 Å². The second kappa shape index (κ2) is 10.9. The van der Waals surface area contributed by atoms with E-state index in [4.69, 9.17) is 14.5 Å². The van der Waals surface area contributed by atoms with Crippen LogP contribution in [0.4, 0.5) is 10.2 Å². The highest BCUT2D eigenvalue weighted by molar-refractivity contribution is 7.90. The lowest BCUT2D eigenvalue weighted by Crippen LogP contribution is -2.46. The molecule has 4 rings (SSSR count). The third kappa shape index (κ3) is 6.44. The molecule has 0 radical (unpaired) electrons. The second-order valence-electron chi connectivity index (χ2n) is 9.47. The van der Waals surface area contributed by atoms with Crippen LogP contribution in [0.15, 0.2) is 47.6 Å². The Hall–Kier alpha value is -3.51. The molecule has 1 aliphatic heterocycles. The van der Waals surface area contributed by atoms with Crippen molar-refractivity contribution in [2.75, 3.05) is 24.6 Å². The van der Waals surface area contributed by atoms with Crippen molar-refractivity contribution in [1.29, 1.82) is 0 Å². The molecule has 3 aromatic rings. The van der Waals surface area contributed by atoms with Crippen molar-refractivity contribution in [3.05, 3.63) is 54.0 Å². The Kier molecular flexibility index (Phi) is 7.79. The topological polar surface area (TPSA) is 127 Å². The summed E-state index contributed by atoms with van der Waals surface area (Å²) in [6, 6.07) is 8.60. The van der Waals surface area contributed by atoms with Crippen LogP contribution in [0, 0.1) is 11.7 Å². The molecule has 0 bridgehead atoms. The first-order chi connectivity index (χ1) is 17.5. The molecule has 12 heteroatoms. The van der Waals surface area contributed by atoms with E-state index in [1.165, 1.54) is 30.5 Å². The van der Waals surface area contributed by atoms with Crippen LogP contribution in [0.5, 0.6) is 5.75 Å². The number of pyridine rings is 1. The number of amides is 1. The molecule has 37 heavy (non-hydrogen) atoms. The average Bonchev–Trinajstić information content (AvgIpc) is 3.37. The van der Waals surface area contributed by atoms with Crippen LogP contribution in [0.25, 0.3) is 11.3 Å². The van der Waals surface area contributed by atoms with Gasteiger partial charge in [0.1, 0.15) is 17.4 Å². The Morgan fingerprint density at radius 3 is 2.59 bits per heavy atom. The Morgan fingerprint density at radius 2 is 1.95 bits per heavy atom. The molecule has 2 unspecified atom stereocenters. The number of nitrogens with one attached hydrogen (secondary N) is 2. The van der Waals surface area contributed by atoms with Crippen LogP contribution in [-0.2, 0) is 14.8 Å². The number of nitrogens with zero attached hydrogens (tertiary/aromatic N) is 3. The number of halogens is 1. The number of sulfonamides is 1. The second-order valence-corrected chi connectivity index (χ2v) is 11.1. The van der Waals surface area contributed by atoms with Gasteiger partial charge in [-0.05, 0) is 50.1 Å². The van der Waals surface area contributed by atoms with Gasteiger partial charge in [-0.2, -0.15) is 13.5 Å². The van der Waals surface area contributed by atoms with Gasteiger partial charge in [0, 0.05) is 24.7 Å². The molecule has 3 heterocycles. The molecule has 10 nitrogen and oxygen atoms in total. The zero-order valence-corrected chi connectivity index (χ0v) is 21.9. The van der Waals surface area contributed by atoms with Crippen molar-refractivity contribution in [3.63, 3.8) is 0 Å². The predicted molar refractivity (Wildman–Crippen MR) is 135 cm³/mol. The van der Waals surface area contributed by atoms with Gasteiger partial charge in [0.25, 0.3) is 15.9 Å². The molecule has 1 amide bonds. The Bertz CT molecular complexity index is 1350. The number of morpholine rings is 1. The fourth-order valence-electron chi connectivity index (χ4n) is 4.06. The SMILES string of the molecule is CC(C)COc1cc(F)cc(-c2ccc(C(=O)NS(=O)(=O)c3ccn[nH]3)c(N3CC(C)OC(C)C3)n2)c1. The molecule has 198 valence electrons. The number of H-pyrrole nitrogens is 1. The average molecular weight is 532 g/mol. The lowest BCUT2D eigenvalue weighted by molar-refractivity contribution is -0.00551. The standard InChI is InChI=1S/C25H30FN5O5S/c1-15(2)14-35-20-10-18(9-19(26)11-20)22-6-5-21(24(28-22)31-12-16(3)36-17(4)13-31)25(32)30-37(33,34)23-7-8-27-29-23/h5-11,15-17H,12-14H2,1-4H3,(H,27,29)(H,30,32). The van der Waals surface area contributed by atoms with Crippen molar-refractivity contribution in [1.82, 2.24) is 19.9 Å². The van der Waals surface area contributed by atoms with E-state index in [0.29, 0.717) is 36.7 Å². The van der Waals surface area contributed by atoms with Gasteiger partial charge in [-0.15, -0.1) is 0 Å². The van der Waals surface area contributed by atoms with E-state index in [0.717, 1.165) is 0 Å². The summed E-state index contributed by atoms with van der Waals surface area (Å²) in [7, 11) is -4.18. The monoisotopic (exact) mass is 531 g/mol. The number of hydrogen-bond acceptors (Lipinski definition) is 8. The third-order valence-electron chi connectivity index (χ3n) is 5.58. The van der Waals surface area contributed by atoms with E-state index in [-0.39, 0.29) is 34.5 Å². The van der Waals surface area contributed by atoms with Crippen LogP contribution < -0.4 is 14.4 Å². The number of rotatable bonds is 8. The molecule has 2 N–H and O–H groups in total. The summed E-state index contributed by atoms with van der Waals surface area (Å²) in [5, 5.41) is 5.73. The van der Waals surface area contributed by atoms with Crippen LogP contribution in [0.3, 0.4) is 0 Å². The molecule has 2 aromatic heterocycles. The largest absolute Gasteiger partial charge is 0.493 e. The first kappa shape index (κ1) is 26.6. The molecule has 2 atom stereocenters. The molecule has 0 saturated carbocycles. The number of ether oxygens (including phenoxy) is 2. The van der Waals surface area contributed by atoms with Crippen molar-refractivity contribution in [2.45, 2.75) is 44.9 Å². The van der Waals surface area contributed by atoms with Gasteiger partial charge in [0.2, 0.25) is 0 Å². The van der Waals surface area contributed by atoms with E-state index in [1.54, 1.807) is 12.1 Å². The van der Waals surface area contributed by atoms with Crippen molar-refractivity contribution >= 4 is 21.7 Å². The number of aromatic nitrogens is 3. The van der Waals surface area contributed by atoms with E-state index in [2.05, 4.69) is 14.9 Å². The minimum absolute atomic E-state index is 0.0563. The summed E-state index contributed by atoms with van der Waals surface area (Å²) >= 11 is 0. The highest BCUT2D eigenvalue weighted by atomic mass is 32.2. The zero-order chi connectivity index (χ0) is 26.7. The van der Waals surface area contributed by atoms with Crippen molar-refractivity contribution < 1.29 is 27.1 Å². The first-order valence-corrected chi connectivity index (χ1v) is 13.4. The minimum atomic E-state index is -4.18. The number of aromatic amines is 1. The summed E-state index contributed by atoms with van der Waals surface area (Å²) in [5.41, 5.74) is 0.927. The molecule has 1 saturated heterocycles. The molecular weight excluding hydrogens is 501 g/mol. The van der Waals surface area contributed by atoms with Crippen molar-refractivity contribution in [2.24, 2.45) is 5.92 Å². The maximum atomic E-state index is 14.4. The van der Waals surface area contributed by atoms with Gasteiger partial charge >= 0.3 is 0 Å². The third-order valence-corrected chi connectivity index (χ3v) is 6.84. The molecule has 1 fully saturated rings. The Morgan fingerprint density at radius 1 is 1.22 bits per heavy atom. The van der Waals surface area contributed by atoms with E-state index >= 15 is 0 Å². The molecule has 0 spiro atoms. The van der Waals surface area contributed by atoms with Crippen LogP contribution >= 0.6 is 0 Å².